The van der Waals surface area contributed by atoms with Crippen LogP contribution in [0, 0.1) is 0 Å². The molecule has 1 rings (SSSR count). The number of aliphatic hydroxyl groups excluding tert-OH is 1. The normalized spacial score (nSPS) is 11.8. The molecule has 6 heteroatoms. The molecule has 0 aliphatic carbocycles. The van der Waals surface area contributed by atoms with E-state index >= 15 is 0 Å². The summed E-state index contributed by atoms with van der Waals surface area (Å²) in [6.07, 6.45) is -4.28. The van der Waals surface area contributed by atoms with E-state index in [1.54, 1.807) is 24.3 Å². The largest absolute Gasteiger partial charge is 0.411 e. The van der Waals surface area contributed by atoms with E-state index in [1.807, 2.05) is 0 Å². The predicted molar refractivity (Wildman–Crippen MR) is 55.1 cm³/mol. The van der Waals surface area contributed by atoms with Crippen molar-refractivity contribution in [3.8, 4) is 0 Å². The molecule has 90 valence electrons. The lowest BCUT2D eigenvalue weighted by Crippen LogP contribution is -2.16. The second-order valence-corrected chi connectivity index (χ2v) is 4.03. The van der Waals surface area contributed by atoms with Crippen LogP contribution in [-0.4, -0.2) is 23.8 Å². The molecule has 0 saturated heterocycles. The van der Waals surface area contributed by atoms with Crippen molar-refractivity contribution in [3.63, 3.8) is 0 Å². The standard InChI is InChI=1S/C10H11F3O2S/c11-10(12,13)6-15-7-16-9-3-1-2-8(4-9)5-14/h1-4,14H,5-7H2. The molecule has 0 aromatic heterocycles. The van der Waals surface area contributed by atoms with Gasteiger partial charge in [-0.3, -0.25) is 0 Å². The van der Waals surface area contributed by atoms with Crippen LogP contribution in [0.4, 0.5) is 13.2 Å². The Morgan fingerprint density at radius 3 is 2.69 bits per heavy atom. The first-order valence-corrected chi connectivity index (χ1v) is 5.47. The van der Waals surface area contributed by atoms with Crippen molar-refractivity contribution in [1.82, 2.24) is 0 Å². The summed E-state index contributed by atoms with van der Waals surface area (Å²) in [6, 6.07) is 6.93. The maximum Gasteiger partial charge on any atom is 0.411 e. The van der Waals surface area contributed by atoms with Crippen molar-refractivity contribution in [1.29, 1.82) is 0 Å². The van der Waals surface area contributed by atoms with Crippen LogP contribution in [0.2, 0.25) is 0 Å². The smallest absolute Gasteiger partial charge is 0.392 e. The molecular weight excluding hydrogens is 241 g/mol. The third kappa shape index (κ3) is 5.39. The minimum atomic E-state index is -4.28. The molecule has 16 heavy (non-hydrogen) atoms. The molecule has 0 fully saturated rings. The van der Waals surface area contributed by atoms with Crippen LogP contribution in [0.3, 0.4) is 0 Å². The van der Waals surface area contributed by atoms with Gasteiger partial charge in [-0.15, -0.1) is 0 Å². The summed E-state index contributed by atoms with van der Waals surface area (Å²) in [7, 11) is 0. The van der Waals surface area contributed by atoms with Gasteiger partial charge >= 0.3 is 6.18 Å². The number of benzene rings is 1. The SMILES string of the molecule is OCc1cccc(SCOCC(F)(F)F)c1. The Morgan fingerprint density at radius 2 is 2.06 bits per heavy atom. The van der Waals surface area contributed by atoms with Crippen molar-refractivity contribution in [2.45, 2.75) is 17.7 Å². The molecule has 0 aliphatic rings. The average Bonchev–Trinajstić information content (AvgIpc) is 2.23. The van der Waals surface area contributed by atoms with Crippen molar-refractivity contribution < 1.29 is 23.0 Å². The highest BCUT2D eigenvalue weighted by atomic mass is 32.2. The molecule has 0 bridgehead atoms. The lowest BCUT2D eigenvalue weighted by Gasteiger charge is -2.07. The number of hydrogen-bond donors (Lipinski definition) is 1. The third-order valence-electron chi connectivity index (χ3n) is 1.66. The molecule has 1 N–H and O–H groups in total. The Balaban J connectivity index is 2.32. The first-order valence-electron chi connectivity index (χ1n) is 4.48. The molecule has 0 amide bonds. The van der Waals surface area contributed by atoms with Gasteiger partial charge in [0.15, 0.2) is 0 Å². The van der Waals surface area contributed by atoms with Gasteiger partial charge in [-0.2, -0.15) is 13.2 Å². The molecule has 0 unspecified atom stereocenters. The van der Waals surface area contributed by atoms with E-state index in [9.17, 15) is 13.2 Å². The Labute approximate surface area is 95.4 Å². The fraction of sp³-hybridized carbons (Fsp3) is 0.400. The van der Waals surface area contributed by atoms with Gasteiger partial charge in [-0.25, -0.2) is 0 Å². The molecule has 0 spiro atoms. The zero-order valence-electron chi connectivity index (χ0n) is 8.33. The topological polar surface area (TPSA) is 29.5 Å². The van der Waals surface area contributed by atoms with Gasteiger partial charge in [0.2, 0.25) is 0 Å². The Kier molecular flexibility index (Phi) is 5.11. The summed E-state index contributed by atoms with van der Waals surface area (Å²) >= 11 is 1.16. The lowest BCUT2D eigenvalue weighted by atomic mass is 10.2. The van der Waals surface area contributed by atoms with Crippen LogP contribution in [0.15, 0.2) is 29.2 Å². The molecule has 1 aromatic rings. The Hall–Kier alpha value is -0.720. The van der Waals surface area contributed by atoms with E-state index in [1.165, 1.54) is 0 Å². The summed E-state index contributed by atoms with van der Waals surface area (Å²) < 4.78 is 39.6. The Bertz CT molecular complexity index is 328. The van der Waals surface area contributed by atoms with E-state index in [-0.39, 0.29) is 12.5 Å². The van der Waals surface area contributed by atoms with Crippen molar-refractivity contribution >= 4 is 11.8 Å². The molecule has 0 atom stereocenters. The van der Waals surface area contributed by atoms with Crippen LogP contribution in [0.5, 0.6) is 0 Å². The van der Waals surface area contributed by atoms with Crippen LogP contribution in [-0.2, 0) is 11.3 Å². The summed E-state index contributed by atoms with van der Waals surface area (Å²) in [5.41, 5.74) is 0.723. The zero-order chi connectivity index (χ0) is 12.0. The fourth-order valence-electron chi connectivity index (χ4n) is 1.00. The van der Waals surface area contributed by atoms with Gasteiger partial charge in [0.1, 0.15) is 6.61 Å². The van der Waals surface area contributed by atoms with E-state index in [4.69, 9.17) is 5.11 Å². The van der Waals surface area contributed by atoms with Crippen molar-refractivity contribution in [3.05, 3.63) is 29.8 Å². The third-order valence-corrected chi connectivity index (χ3v) is 2.53. The van der Waals surface area contributed by atoms with Gasteiger partial charge in [-0.05, 0) is 17.7 Å². The van der Waals surface area contributed by atoms with Gasteiger partial charge < -0.3 is 9.84 Å². The molecule has 0 aliphatic heterocycles. The second-order valence-electron chi connectivity index (χ2n) is 3.03. The average molecular weight is 252 g/mol. The molecule has 1 aromatic carbocycles. The number of thioether (sulfide) groups is 1. The maximum atomic E-state index is 11.7. The van der Waals surface area contributed by atoms with Gasteiger partial charge in [0.25, 0.3) is 0 Å². The molecule has 0 saturated carbocycles. The number of hydrogen-bond acceptors (Lipinski definition) is 3. The van der Waals surface area contributed by atoms with E-state index in [0.29, 0.717) is 0 Å². The van der Waals surface area contributed by atoms with Crippen LogP contribution in [0.1, 0.15) is 5.56 Å². The minimum absolute atomic E-state index is 0.0611. The van der Waals surface area contributed by atoms with Crippen molar-refractivity contribution in [2.24, 2.45) is 0 Å². The first-order chi connectivity index (χ1) is 7.51. The molecule has 2 nitrogen and oxygen atoms in total. The zero-order valence-corrected chi connectivity index (χ0v) is 9.14. The number of rotatable bonds is 5. The monoisotopic (exact) mass is 252 g/mol. The number of halogens is 3. The highest BCUT2D eigenvalue weighted by Gasteiger charge is 2.27. The van der Waals surface area contributed by atoms with Crippen LogP contribution >= 0.6 is 11.8 Å². The van der Waals surface area contributed by atoms with Crippen LogP contribution in [0.25, 0.3) is 0 Å². The summed E-state index contributed by atoms with van der Waals surface area (Å²) in [5, 5.41) is 8.85. The highest BCUT2D eigenvalue weighted by Crippen LogP contribution is 2.21. The quantitative estimate of drug-likeness (QED) is 0.496. The molecule has 0 heterocycles. The first kappa shape index (κ1) is 13.3. The summed E-state index contributed by atoms with van der Waals surface area (Å²) in [4.78, 5) is 0.772. The summed E-state index contributed by atoms with van der Waals surface area (Å²) in [6.45, 7) is -1.32. The summed E-state index contributed by atoms with van der Waals surface area (Å²) in [5.74, 6) is -0.0611. The van der Waals surface area contributed by atoms with Crippen molar-refractivity contribution in [2.75, 3.05) is 12.5 Å². The number of ether oxygens (including phenoxy) is 1. The molecule has 0 radical (unpaired) electrons. The second kappa shape index (κ2) is 6.12. The van der Waals surface area contributed by atoms with Gasteiger partial charge in [0.05, 0.1) is 12.5 Å². The Morgan fingerprint density at radius 1 is 1.31 bits per heavy atom. The predicted octanol–water partition coefficient (Wildman–Crippen LogP) is 2.81. The number of alkyl halides is 3. The van der Waals surface area contributed by atoms with E-state index < -0.39 is 12.8 Å². The lowest BCUT2D eigenvalue weighted by molar-refractivity contribution is -0.168. The van der Waals surface area contributed by atoms with E-state index in [2.05, 4.69) is 4.74 Å². The highest BCUT2D eigenvalue weighted by molar-refractivity contribution is 7.99. The molecular formula is C10H11F3O2S. The van der Waals surface area contributed by atoms with Gasteiger partial charge in [-0.1, -0.05) is 23.9 Å². The van der Waals surface area contributed by atoms with Crippen LogP contribution < -0.4 is 0 Å². The fourth-order valence-corrected chi connectivity index (χ4v) is 1.71. The van der Waals surface area contributed by atoms with Gasteiger partial charge in [0, 0.05) is 4.90 Å². The van der Waals surface area contributed by atoms with E-state index in [0.717, 1.165) is 22.2 Å². The number of aliphatic hydroxyl groups is 1. The maximum absolute atomic E-state index is 11.7. The minimum Gasteiger partial charge on any atom is -0.392 e.